The Morgan fingerprint density at radius 1 is 1.11 bits per heavy atom. The maximum atomic E-state index is 13.6. The summed E-state index contributed by atoms with van der Waals surface area (Å²) in [7, 11) is -2.11. The third-order valence-corrected chi connectivity index (χ3v) is 7.51. The second-order valence-corrected chi connectivity index (χ2v) is 12.8. The molecule has 0 heterocycles. The lowest BCUT2D eigenvalue weighted by Crippen LogP contribution is -2.53. The number of carbonyl (C=O) groups is 2. The largest absolute Gasteiger partial charge is 0.497 e. The summed E-state index contributed by atoms with van der Waals surface area (Å²) >= 11 is 12.4. The van der Waals surface area contributed by atoms with E-state index in [2.05, 4.69) is 5.32 Å². The molecular weight excluding hydrogens is 549 g/mol. The molecule has 11 heteroatoms. The van der Waals surface area contributed by atoms with Gasteiger partial charge in [0.25, 0.3) is 0 Å². The highest BCUT2D eigenvalue weighted by Gasteiger charge is 2.31. The molecule has 0 aliphatic carbocycles. The van der Waals surface area contributed by atoms with Crippen LogP contribution in [0, 0.1) is 0 Å². The van der Waals surface area contributed by atoms with E-state index in [-0.39, 0.29) is 37.7 Å². The molecule has 1 N–H and O–H groups in total. The number of carbonyl (C=O) groups excluding carboxylic acids is 2. The molecule has 2 aromatic carbocycles. The molecule has 0 aliphatic heterocycles. The Morgan fingerprint density at radius 3 is 2.34 bits per heavy atom. The van der Waals surface area contributed by atoms with Crippen LogP contribution in [-0.4, -0.2) is 56.6 Å². The predicted octanol–water partition coefficient (Wildman–Crippen LogP) is 5.27. The van der Waals surface area contributed by atoms with Gasteiger partial charge in [0.2, 0.25) is 21.8 Å². The van der Waals surface area contributed by atoms with Gasteiger partial charge in [-0.2, -0.15) is 0 Å². The van der Waals surface area contributed by atoms with Gasteiger partial charge in [0, 0.05) is 41.2 Å². The van der Waals surface area contributed by atoms with Crippen molar-refractivity contribution in [1.29, 1.82) is 0 Å². The summed E-state index contributed by atoms with van der Waals surface area (Å²) in [6.45, 7) is 7.65. The van der Waals surface area contributed by atoms with Gasteiger partial charge in [-0.1, -0.05) is 42.3 Å². The fourth-order valence-electron chi connectivity index (χ4n) is 3.98. The Kier molecular flexibility index (Phi) is 11.3. The Morgan fingerprint density at radius 2 is 1.79 bits per heavy atom. The van der Waals surface area contributed by atoms with E-state index in [0.29, 0.717) is 33.5 Å². The van der Waals surface area contributed by atoms with Crippen LogP contribution in [0.1, 0.15) is 52.5 Å². The molecule has 2 rings (SSSR count). The third kappa shape index (κ3) is 9.36. The monoisotopic (exact) mass is 585 g/mol. The van der Waals surface area contributed by atoms with E-state index in [1.165, 1.54) is 16.3 Å². The summed E-state index contributed by atoms with van der Waals surface area (Å²) in [6, 6.07) is 11.0. The number of amides is 2. The zero-order chi connectivity index (χ0) is 28.7. The van der Waals surface area contributed by atoms with E-state index in [1.807, 2.05) is 27.7 Å². The van der Waals surface area contributed by atoms with Crippen molar-refractivity contribution >= 4 is 50.7 Å². The van der Waals surface area contributed by atoms with Crippen LogP contribution in [-0.2, 0) is 26.2 Å². The first kappa shape index (κ1) is 31.7. The second-order valence-electron chi connectivity index (χ2n) is 10.1. The summed E-state index contributed by atoms with van der Waals surface area (Å²) in [5, 5.41) is 3.81. The number of benzene rings is 2. The fourth-order valence-corrected chi connectivity index (χ4v) is 5.40. The molecule has 2 amide bonds. The fraction of sp³-hybridized carbons (Fsp3) is 0.481. The predicted molar refractivity (Wildman–Crippen MR) is 153 cm³/mol. The van der Waals surface area contributed by atoms with Gasteiger partial charge < -0.3 is 15.0 Å². The molecule has 0 saturated carbocycles. The number of nitrogens with zero attached hydrogens (tertiary/aromatic N) is 2. The molecule has 0 saturated heterocycles. The maximum absolute atomic E-state index is 13.6. The SMILES string of the molecule is CCC(C(=O)NC(C)(C)C)N(Cc1ccc(Cl)cc1Cl)C(=O)CCCN(c1cccc(OC)c1)S(C)(=O)=O. The smallest absolute Gasteiger partial charge is 0.243 e. The molecule has 38 heavy (non-hydrogen) atoms. The van der Waals surface area contributed by atoms with Crippen LogP contribution in [0.25, 0.3) is 0 Å². The lowest BCUT2D eigenvalue weighted by Gasteiger charge is -2.33. The minimum absolute atomic E-state index is 0.0283. The van der Waals surface area contributed by atoms with Crippen molar-refractivity contribution in [2.45, 2.75) is 65.1 Å². The normalized spacial score (nSPS) is 12.5. The zero-order valence-electron chi connectivity index (χ0n) is 22.8. The molecule has 210 valence electrons. The first-order valence-corrected chi connectivity index (χ1v) is 14.9. The molecule has 0 fully saturated rings. The number of hydrogen-bond donors (Lipinski definition) is 1. The van der Waals surface area contributed by atoms with Crippen molar-refractivity contribution in [3.63, 3.8) is 0 Å². The van der Waals surface area contributed by atoms with Gasteiger partial charge in [0.15, 0.2) is 0 Å². The molecule has 0 aromatic heterocycles. The van der Waals surface area contributed by atoms with Crippen molar-refractivity contribution in [3.05, 3.63) is 58.1 Å². The molecule has 0 bridgehead atoms. The summed E-state index contributed by atoms with van der Waals surface area (Å²) in [5.41, 5.74) is 0.616. The maximum Gasteiger partial charge on any atom is 0.243 e. The molecular formula is C27H37Cl2N3O5S. The Hall–Kier alpha value is -2.49. The van der Waals surface area contributed by atoms with Gasteiger partial charge >= 0.3 is 0 Å². The molecule has 1 unspecified atom stereocenters. The van der Waals surface area contributed by atoms with Crippen molar-refractivity contribution in [1.82, 2.24) is 10.2 Å². The van der Waals surface area contributed by atoms with E-state index < -0.39 is 21.6 Å². The lowest BCUT2D eigenvalue weighted by molar-refractivity contribution is -0.142. The highest BCUT2D eigenvalue weighted by molar-refractivity contribution is 7.92. The van der Waals surface area contributed by atoms with Gasteiger partial charge in [-0.15, -0.1) is 0 Å². The Balaban J connectivity index is 2.29. The van der Waals surface area contributed by atoms with Crippen LogP contribution in [0.15, 0.2) is 42.5 Å². The molecule has 1 atom stereocenters. The molecule has 0 spiro atoms. The molecule has 2 aromatic rings. The average Bonchev–Trinajstić information content (AvgIpc) is 2.81. The third-order valence-electron chi connectivity index (χ3n) is 5.73. The Labute approximate surface area is 236 Å². The second kappa shape index (κ2) is 13.5. The molecule has 8 nitrogen and oxygen atoms in total. The van der Waals surface area contributed by atoms with Gasteiger partial charge in [-0.3, -0.25) is 13.9 Å². The van der Waals surface area contributed by atoms with Crippen LogP contribution in [0.3, 0.4) is 0 Å². The summed E-state index contributed by atoms with van der Waals surface area (Å²) in [5.74, 6) is -0.0347. The number of anilines is 1. The van der Waals surface area contributed by atoms with E-state index in [0.717, 1.165) is 6.26 Å². The number of hydrogen-bond acceptors (Lipinski definition) is 5. The van der Waals surface area contributed by atoms with E-state index in [4.69, 9.17) is 27.9 Å². The number of rotatable bonds is 12. The zero-order valence-corrected chi connectivity index (χ0v) is 25.1. The molecule has 0 aliphatic rings. The number of nitrogens with one attached hydrogen (secondary N) is 1. The molecule has 0 radical (unpaired) electrons. The van der Waals surface area contributed by atoms with Gasteiger partial charge in [-0.25, -0.2) is 8.42 Å². The number of halogens is 2. The van der Waals surface area contributed by atoms with Crippen LogP contribution in [0.5, 0.6) is 5.75 Å². The highest BCUT2D eigenvalue weighted by Crippen LogP contribution is 2.26. The number of methoxy groups -OCH3 is 1. The van der Waals surface area contributed by atoms with Crippen molar-refractivity contribution in [3.8, 4) is 5.75 Å². The average molecular weight is 587 g/mol. The first-order chi connectivity index (χ1) is 17.7. The van der Waals surface area contributed by atoms with Crippen molar-refractivity contribution < 1.29 is 22.7 Å². The summed E-state index contributed by atoms with van der Waals surface area (Å²) in [6.07, 6.45) is 1.77. The van der Waals surface area contributed by atoms with Crippen molar-refractivity contribution in [2.24, 2.45) is 0 Å². The highest BCUT2D eigenvalue weighted by atomic mass is 35.5. The minimum Gasteiger partial charge on any atom is -0.497 e. The van der Waals surface area contributed by atoms with Crippen LogP contribution >= 0.6 is 23.2 Å². The van der Waals surface area contributed by atoms with Gasteiger partial charge in [-0.05, 0) is 63.4 Å². The van der Waals surface area contributed by atoms with Crippen LogP contribution in [0.2, 0.25) is 10.0 Å². The first-order valence-electron chi connectivity index (χ1n) is 12.3. The number of sulfonamides is 1. The van der Waals surface area contributed by atoms with E-state index >= 15 is 0 Å². The topological polar surface area (TPSA) is 96.0 Å². The van der Waals surface area contributed by atoms with Crippen LogP contribution in [0.4, 0.5) is 5.69 Å². The number of ether oxygens (including phenoxy) is 1. The summed E-state index contributed by atoms with van der Waals surface area (Å²) < 4.78 is 31.5. The quantitative estimate of drug-likeness (QED) is 0.366. The van der Waals surface area contributed by atoms with Crippen molar-refractivity contribution in [2.75, 3.05) is 24.2 Å². The Bertz CT molecular complexity index is 1230. The van der Waals surface area contributed by atoms with Crippen LogP contribution < -0.4 is 14.4 Å². The van der Waals surface area contributed by atoms with E-state index in [9.17, 15) is 18.0 Å². The van der Waals surface area contributed by atoms with Gasteiger partial charge in [0.1, 0.15) is 11.8 Å². The minimum atomic E-state index is -3.62. The lowest BCUT2D eigenvalue weighted by atomic mass is 10.0. The van der Waals surface area contributed by atoms with E-state index in [1.54, 1.807) is 42.5 Å². The van der Waals surface area contributed by atoms with Gasteiger partial charge in [0.05, 0.1) is 19.1 Å². The standard InChI is InChI=1S/C27H37Cl2N3O5S/c1-7-24(26(34)30-27(2,3)4)31(18-19-13-14-20(28)16-23(19)29)25(33)12-9-15-32(38(6,35)36)21-10-8-11-22(17-21)37-5/h8,10-11,13-14,16-17,24H,7,9,12,15,18H2,1-6H3,(H,30,34). The summed E-state index contributed by atoms with van der Waals surface area (Å²) in [4.78, 5) is 28.2.